The largest absolute Gasteiger partial charge is 0.350 e. The third-order valence-electron chi connectivity index (χ3n) is 2.66. The first-order valence-electron chi connectivity index (χ1n) is 5.15. The van der Waals surface area contributed by atoms with Crippen LogP contribution < -0.4 is 5.32 Å². The molecule has 1 amide bonds. The van der Waals surface area contributed by atoms with Crippen LogP contribution in [0.25, 0.3) is 0 Å². The summed E-state index contributed by atoms with van der Waals surface area (Å²) in [5.74, 6) is 0.835. The Hall–Kier alpha value is -0.350. The Balaban J connectivity index is 1.84. The Labute approximate surface area is 102 Å². The van der Waals surface area contributed by atoms with Gasteiger partial charge in [0.25, 0.3) is 5.91 Å². The number of carbonyl (C=O) groups is 1. The Morgan fingerprint density at radius 3 is 3.00 bits per heavy atom. The van der Waals surface area contributed by atoms with Gasteiger partial charge in [0.1, 0.15) is 0 Å². The van der Waals surface area contributed by atoms with Gasteiger partial charge in [-0.15, -0.1) is 11.3 Å². The molecule has 1 fully saturated rings. The summed E-state index contributed by atoms with van der Waals surface area (Å²) < 4.78 is 0. The van der Waals surface area contributed by atoms with Gasteiger partial charge >= 0.3 is 0 Å². The van der Waals surface area contributed by atoms with Crippen molar-refractivity contribution in [2.75, 3.05) is 6.54 Å². The van der Waals surface area contributed by atoms with Gasteiger partial charge in [-0.05, 0) is 42.7 Å². The molecule has 1 unspecified atom stereocenters. The number of carbonyl (C=O) groups excluding carboxylic acids is 1. The number of nitrogens with one attached hydrogen (secondary N) is 1. The molecule has 0 aliphatic heterocycles. The molecule has 1 saturated carbocycles. The van der Waals surface area contributed by atoms with E-state index in [2.05, 4.69) is 21.2 Å². The van der Waals surface area contributed by atoms with Gasteiger partial charge in [0.2, 0.25) is 0 Å². The molecule has 1 aliphatic carbocycles. The summed E-state index contributed by atoms with van der Waals surface area (Å²) in [6.07, 6.45) is 2.59. The summed E-state index contributed by atoms with van der Waals surface area (Å²) in [5.41, 5.74) is 1.06. The fraction of sp³-hybridized carbons (Fsp3) is 0.545. The smallest absolute Gasteiger partial charge is 0.261 e. The summed E-state index contributed by atoms with van der Waals surface area (Å²) in [7, 11) is 0. The predicted octanol–water partition coefficient (Wildman–Crippen LogP) is 2.96. The lowest BCUT2D eigenvalue weighted by Gasteiger charge is -2.09. The average molecular weight is 288 g/mol. The van der Waals surface area contributed by atoms with Gasteiger partial charge in [-0.3, -0.25) is 4.79 Å². The predicted molar refractivity (Wildman–Crippen MR) is 66.8 cm³/mol. The maximum Gasteiger partial charge on any atom is 0.261 e. The molecule has 1 aliphatic rings. The Bertz CT molecular complexity index is 359. The monoisotopic (exact) mass is 287 g/mol. The van der Waals surface area contributed by atoms with Crippen LogP contribution >= 0.6 is 27.3 Å². The average Bonchev–Trinajstić information content (AvgIpc) is 2.98. The molecule has 2 nitrogen and oxygen atoms in total. The molecule has 1 aromatic heterocycles. The van der Waals surface area contributed by atoms with E-state index in [9.17, 15) is 4.79 Å². The Kier molecular flexibility index (Phi) is 3.46. The lowest BCUT2D eigenvalue weighted by Crippen LogP contribution is -2.30. The lowest BCUT2D eigenvalue weighted by molar-refractivity contribution is 0.0957. The zero-order chi connectivity index (χ0) is 10.8. The van der Waals surface area contributed by atoms with Crippen molar-refractivity contribution in [3.8, 4) is 0 Å². The summed E-state index contributed by atoms with van der Waals surface area (Å²) in [6.45, 7) is 2.71. The summed E-state index contributed by atoms with van der Waals surface area (Å²) in [6, 6.07) is 1.98. The first-order chi connectivity index (χ1) is 7.18. The highest BCUT2D eigenvalue weighted by Crippen LogP contribution is 2.36. The van der Waals surface area contributed by atoms with Crippen molar-refractivity contribution in [2.45, 2.75) is 24.6 Å². The minimum Gasteiger partial charge on any atom is -0.350 e. The summed E-state index contributed by atoms with van der Waals surface area (Å²) >= 11 is 5.11. The SMILES string of the molecule is Cc1ccsc1C(=O)NCC(Br)C1CC1. The number of rotatable bonds is 4. The molecule has 0 bridgehead atoms. The molecule has 0 aromatic carbocycles. The fourth-order valence-corrected chi connectivity index (χ4v) is 3.03. The maximum absolute atomic E-state index is 11.8. The molecule has 0 spiro atoms. The Morgan fingerprint density at radius 2 is 2.47 bits per heavy atom. The molecule has 2 rings (SSSR count). The van der Waals surface area contributed by atoms with Gasteiger partial charge in [0.15, 0.2) is 0 Å². The molecule has 1 N–H and O–H groups in total. The van der Waals surface area contributed by atoms with E-state index in [-0.39, 0.29) is 5.91 Å². The third-order valence-corrected chi connectivity index (χ3v) is 4.75. The van der Waals surface area contributed by atoms with Crippen LogP contribution in [0.1, 0.15) is 28.1 Å². The van der Waals surface area contributed by atoms with Crippen molar-refractivity contribution in [1.82, 2.24) is 5.32 Å². The van der Waals surface area contributed by atoms with E-state index in [4.69, 9.17) is 0 Å². The van der Waals surface area contributed by atoms with E-state index in [1.165, 1.54) is 24.2 Å². The molecule has 1 aromatic rings. The first kappa shape index (κ1) is 11.1. The van der Waals surface area contributed by atoms with Crippen LogP contribution in [0, 0.1) is 12.8 Å². The molecular weight excluding hydrogens is 274 g/mol. The third kappa shape index (κ3) is 2.82. The van der Waals surface area contributed by atoms with Gasteiger partial charge in [-0.2, -0.15) is 0 Å². The van der Waals surface area contributed by atoms with E-state index < -0.39 is 0 Å². The zero-order valence-electron chi connectivity index (χ0n) is 8.63. The topological polar surface area (TPSA) is 29.1 Å². The minimum atomic E-state index is 0.0626. The van der Waals surface area contributed by atoms with Crippen LogP contribution in [-0.4, -0.2) is 17.3 Å². The standard InChI is InChI=1S/C11H14BrNOS/c1-7-4-5-15-10(7)11(14)13-6-9(12)8-2-3-8/h4-5,8-9H,2-3,6H2,1H3,(H,13,14). The molecule has 0 saturated heterocycles. The van der Waals surface area contributed by atoms with Crippen LogP contribution in [0.3, 0.4) is 0 Å². The van der Waals surface area contributed by atoms with E-state index in [1.54, 1.807) is 0 Å². The molecule has 1 heterocycles. The second-order valence-corrected chi connectivity index (χ2v) is 6.09. The second-order valence-electron chi connectivity index (χ2n) is 4.00. The number of halogens is 1. The molecule has 1 atom stereocenters. The van der Waals surface area contributed by atoms with Crippen LogP contribution in [-0.2, 0) is 0 Å². The normalized spacial score (nSPS) is 17.5. The number of amides is 1. The van der Waals surface area contributed by atoms with Gasteiger partial charge in [-0.1, -0.05) is 15.9 Å². The van der Waals surface area contributed by atoms with Crippen molar-refractivity contribution >= 4 is 33.2 Å². The van der Waals surface area contributed by atoms with Gasteiger partial charge in [0, 0.05) is 11.4 Å². The molecule has 4 heteroatoms. The van der Waals surface area contributed by atoms with E-state index in [0.29, 0.717) is 4.83 Å². The number of hydrogen-bond acceptors (Lipinski definition) is 2. The molecule has 0 radical (unpaired) electrons. The highest BCUT2D eigenvalue weighted by molar-refractivity contribution is 9.09. The van der Waals surface area contributed by atoms with Gasteiger partial charge < -0.3 is 5.32 Å². The van der Waals surface area contributed by atoms with Crippen molar-refractivity contribution < 1.29 is 4.79 Å². The highest BCUT2D eigenvalue weighted by Gasteiger charge is 2.29. The minimum absolute atomic E-state index is 0.0626. The summed E-state index contributed by atoms with van der Waals surface area (Å²) in [5, 5.41) is 4.93. The maximum atomic E-state index is 11.8. The van der Waals surface area contributed by atoms with Crippen molar-refractivity contribution in [2.24, 2.45) is 5.92 Å². The summed E-state index contributed by atoms with van der Waals surface area (Å²) in [4.78, 5) is 13.0. The number of aryl methyl sites for hydroxylation is 1. The van der Waals surface area contributed by atoms with E-state index in [1.807, 2.05) is 18.4 Å². The van der Waals surface area contributed by atoms with Crippen LogP contribution in [0.2, 0.25) is 0 Å². The van der Waals surface area contributed by atoms with Crippen LogP contribution in [0.15, 0.2) is 11.4 Å². The number of hydrogen-bond donors (Lipinski definition) is 1. The number of thiophene rings is 1. The quantitative estimate of drug-likeness (QED) is 0.848. The number of alkyl halides is 1. The lowest BCUT2D eigenvalue weighted by atomic mass is 10.2. The zero-order valence-corrected chi connectivity index (χ0v) is 11.0. The van der Waals surface area contributed by atoms with Crippen molar-refractivity contribution in [3.63, 3.8) is 0 Å². The second kappa shape index (κ2) is 4.66. The van der Waals surface area contributed by atoms with E-state index >= 15 is 0 Å². The van der Waals surface area contributed by atoms with Crippen LogP contribution in [0.5, 0.6) is 0 Å². The van der Waals surface area contributed by atoms with Gasteiger partial charge in [0.05, 0.1) is 4.88 Å². The fourth-order valence-electron chi connectivity index (χ4n) is 1.50. The van der Waals surface area contributed by atoms with Crippen molar-refractivity contribution in [1.29, 1.82) is 0 Å². The van der Waals surface area contributed by atoms with Crippen LogP contribution in [0.4, 0.5) is 0 Å². The van der Waals surface area contributed by atoms with Gasteiger partial charge in [-0.25, -0.2) is 0 Å². The first-order valence-corrected chi connectivity index (χ1v) is 6.94. The molecule has 82 valence electrons. The van der Waals surface area contributed by atoms with Crippen molar-refractivity contribution in [3.05, 3.63) is 21.9 Å². The highest BCUT2D eigenvalue weighted by atomic mass is 79.9. The Morgan fingerprint density at radius 1 is 1.73 bits per heavy atom. The molecule has 15 heavy (non-hydrogen) atoms. The van der Waals surface area contributed by atoms with E-state index in [0.717, 1.165) is 22.9 Å². The molecular formula is C11H14BrNOS.